The minimum atomic E-state index is -4.83. The van der Waals surface area contributed by atoms with Crippen molar-refractivity contribution in [1.82, 2.24) is 0 Å². The molecule has 0 bridgehead atoms. The van der Waals surface area contributed by atoms with E-state index in [0.717, 1.165) is 19.3 Å². The summed E-state index contributed by atoms with van der Waals surface area (Å²) in [4.78, 5) is 0. The number of hydrogen-bond donors (Lipinski definition) is 1. The van der Waals surface area contributed by atoms with Crippen LogP contribution in [0.5, 0.6) is 11.5 Å². The zero-order valence-electron chi connectivity index (χ0n) is 19.9. The molecule has 1 aromatic carbocycles. The van der Waals surface area contributed by atoms with Gasteiger partial charge in [-0.3, -0.25) is 0 Å². The number of aromatic hydroxyl groups is 1. The summed E-state index contributed by atoms with van der Waals surface area (Å²) in [6.45, 7) is 4.22. The van der Waals surface area contributed by atoms with E-state index in [1.54, 1.807) is 0 Å². The molecule has 0 aliphatic rings. The molecule has 1 atom stereocenters. The van der Waals surface area contributed by atoms with E-state index in [9.17, 15) is 18.1 Å². The third-order valence-corrected chi connectivity index (χ3v) is 6.09. The molecule has 0 aliphatic heterocycles. The maximum Gasteiger partial charge on any atom is 1.00 e. The van der Waals surface area contributed by atoms with Gasteiger partial charge in [-0.15, -0.1) is 0 Å². The smallest absolute Gasteiger partial charge is 0.716 e. The average Bonchev–Trinajstić information content (AvgIpc) is 2.68. The molecule has 0 fully saturated rings. The van der Waals surface area contributed by atoms with Crippen molar-refractivity contribution in [2.24, 2.45) is 0 Å². The first kappa shape index (κ1) is 31.4. The van der Waals surface area contributed by atoms with E-state index in [4.69, 9.17) is 0 Å². The first-order chi connectivity index (χ1) is 14.3. The van der Waals surface area contributed by atoms with Gasteiger partial charge >= 0.3 is 51.4 Å². The van der Waals surface area contributed by atoms with Crippen LogP contribution in [-0.2, 0) is 10.4 Å². The van der Waals surface area contributed by atoms with E-state index in [0.29, 0.717) is 5.56 Å². The first-order valence-corrected chi connectivity index (χ1v) is 13.1. The van der Waals surface area contributed by atoms with Crippen molar-refractivity contribution < 1.29 is 73.6 Å². The maximum absolute atomic E-state index is 10.9. The Labute approximate surface area is 233 Å². The van der Waals surface area contributed by atoms with Crippen LogP contribution < -0.4 is 55.6 Å². The zero-order chi connectivity index (χ0) is 22.2. The second-order valence-corrected chi connectivity index (χ2v) is 9.48. The van der Waals surface area contributed by atoms with E-state index in [1.807, 2.05) is 6.92 Å². The van der Waals surface area contributed by atoms with E-state index in [1.165, 1.54) is 95.2 Å². The number of benzene rings is 1. The fraction of sp³-hybridized carbons (Fsp3) is 0.750. The average molecular weight is 481 g/mol. The third kappa shape index (κ3) is 16.6. The van der Waals surface area contributed by atoms with Gasteiger partial charge in [-0.25, -0.2) is 8.42 Å². The summed E-state index contributed by atoms with van der Waals surface area (Å²) < 4.78 is 37.3. The normalized spacial score (nSPS) is 12.4. The summed E-state index contributed by atoms with van der Waals surface area (Å²) in [7, 11) is -4.83. The quantitative estimate of drug-likeness (QED) is 0.147. The molecule has 1 aromatic rings. The van der Waals surface area contributed by atoms with Crippen molar-refractivity contribution in [1.29, 1.82) is 0 Å². The molecule has 0 heterocycles. The molecular weight excluding hydrogens is 439 g/mol. The van der Waals surface area contributed by atoms with Gasteiger partial charge in [-0.05, 0) is 30.5 Å². The van der Waals surface area contributed by atoms with Crippen molar-refractivity contribution in [3.8, 4) is 11.5 Å². The Morgan fingerprint density at radius 2 is 1.32 bits per heavy atom. The molecule has 0 radical (unpaired) electrons. The van der Waals surface area contributed by atoms with Crippen LogP contribution in [0.25, 0.3) is 0 Å². The fourth-order valence-electron chi connectivity index (χ4n) is 3.91. The molecule has 31 heavy (non-hydrogen) atoms. The molecule has 0 aromatic heterocycles. The SMILES string of the molecule is CCCCCCCCCCCCCCCCC(C)c1cc(O)ccc1OS(=O)(=O)[O-].[K+]. The van der Waals surface area contributed by atoms with Crippen molar-refractivity contribution in [3.63, 3.8) is 0 Å². The van der Waals surface area contributed by atoms with Crippen LogP contribution >= 0.6 is 0 Å². The summed E-state index contributed by atoms with van der Waals surface area (Å²) in [6.07, 6.45) is 19.1. The Morgan fingerprint density at radius 3 is 1.77 bits per heavy atom. The second kappa shape index (κ2) is 18.8. The van der Waals surface area contributed by atoms with Gasteiger partial charge in [0.25, 0.3) is 10.4 Å². The van der Waals surface area contributed by atoms with Crippen LogP contribution in [-0.4, -0.2) is 18.1 Å². The molecule has 0 saturated carbocycles. The van der Waals surface area contributed by atoms with Gasteiger partial charge in [0.1, 0.15) is 11.5 Å². The van der Waals surface area contributed by atoms with E-state index in [-0.39, 0.29) is 68.8 Å². The third-order valence-electron chi connectivity index (χ3n) is 5.71. The standard InChI is InChI=1S/C24H42O5S.K/c1-3-4-5-6-7-8-9-10-11-12-13-14-15-16-17-21(2)23-20-22(25)18-19-24(23)29-30(26,27)28;/h18-21,25H,3-17H2,1-2H3,(H,26,27,28);/q;+1/p-1. The van der Waals surface area contributed by atoms with Crippen LogP contribution in [0.15, 0.2) is 18.2 Å². The molecule has 0 amide bonds. The number of hydrogen-bond acceptors (Lipinski definition) is 5. The minimum Gasteiger partial charge on any atom is -0.716 e. The molecule has 7 heteroatoms. The Balaban J connectivity index is 0.00000900. The van der Waals surface area contributed by atoms with Gasteiger partial charge < -0.3 is 13.8 Å². The zero-order valence-corrected chi connectivity index (χ0v) is 23.8. The summed E-state index contributed by atoms with van der Waals surface area (Å²) in [5.41, 5.74) is 0.559. The van der Waals surface area contributed by atoms with Gasteiger partial charge in [0, 0.05) is 5.56 Å². The van der Waals surface area contributed by atoms with Gasteiger partial charge in [-0.2, -0.15) is 0 Å². The number of unbranched alkanes of at least 4 members (excludes halogenated alkanes) is 13. The van der Waals surface area contributed by atoms with E-state index >= 15 is 0 Å². The molecule has 174 valence electrons. The molecular formula is C24H41KO5S. The number of phenols is 1. The van der Waals surface area contributed by atoms with Crippen LogP contribution in [0.1, 0.15) is 122 Å². The topological polar surface area (TPSA) is 86.7 Å². The van der Waals surface area contributed by atoms with Crippen LogP contribution in [0, 0.1) is 0 Å². The van der Waals surface area contributed by atoms with Crippen molar-refractivity contribution >= 4 is 10.4 Å². The predicted octanol–water partition coefficient (Wildman–Crippen LogP) is 4.21. The number of rotatable bonds is 18. The van der Waals surface area contributed by atoms with Gasteiger partial charge in [-0.1, -0.05) is 104 Å². The van der Waals surface area contributed by atoms with Crippen LogP contribution in [0.2, 0.25) is 0 Å². The number of phenolic OH excluding ortho intramolecular Hbond substituents is 1. The molecule has 1 N–H and O–H groups in total. The molecule has 0 spiro atoms. The van der Waals surface area contributed by atoms with Crippen molar-refractivity contribution in [3.05, 3.63) is 23.8 Å². The summed E-state index contributed by atoms with van der Waals surface area (Å²) in [5, 5.41) is 9.70. The summed E-state index contributed by atoms with van der Waals surface area (Å²) >= 11 is 0. The van der Waals surface area contributed by atoms with Crippen molar-refractivity contribution in [2.45, 2.75) is 116 Å². The molecule has 1 unspecified atom stereocenters. The Morgan fingerprint density at radius 1 is 0.871 bits per heavy atom. The first-order valence-electron chi connectivity index (χ1n) is 11.8. The van der Waals surface area contributed by atoms with Crippen LogP contribution in [0.3, 0.4) is 0 Å². The van der Waals surface area contributed by atoms with Gasteiger partial charge in [0.05, 0.1) is 0 Å². The monoisotopic (exact) mass is 480 g/mol. The van der Waals surface area contributed by atoms with Gasteiger partial charge in [0.15, 0.2) is 0 Å². The Kier molecular flexibility index (Phi) is 19.0. The molecule has 0 saturated heterocycles. The Bertz CT molecular complexity index is 679. The molecule has 1 rings (SSSR count). The molecule has 0 aliphatic carbocycles. The second-order valence-electron chi connectivity index (χ2n) is 8.50. The largest absolute Gasteiger partial charge is 1.00 e. The predicted molar refractivity (Wildman–Crippen MR) is 122 cm³/mol. The fourth-order valence-corrected chi connectivity index (χ4v) is 4.28. The maximum atomic E-state index is 10.9. The Hall–Kier alpha value is 0.366. The van der Waals surface area contributed by atoms with E-state index < -0.39 is 10.4 Å². The van der Waals surface area contributed by atoms with Gasteiger partial charge in [0.2, 0.25) is 0 Å². The van der Waals surface area contributed by atoms with Crippen LogP contribution in [0.4, 0.5) is 0 Å². The summed E-state index contributed by atoms with van der Waals surface area (Å²) in [6, 6.07) is 4.14. The van der Waals surface area contributed by atoms with E-state index in [2.05, 4.69) is 11.1 Å². The summed E-state index contributed by atoms with van der Waals surface area (Å²) in [5.74, 6) is 0.0558. The van der Waals surface area contributed by atoms with Crippen molar-refractivity contribution in [2.75, 3.05) is 0 Å². The molecule has 5 nitrogen and oxygen atoms in total. The minimum absolute atomic E-state index is 0.